The number of fused-ring (bicyclic) bond motifs is 8. The summed E-state index contributed by atoms with van der Waals surface area (Å²) < 4.78 is 12.2. The number of hydrogen-bond donors (Lipinski definition) is 4. The van der Waals surface area contributed by atoms with Crippen molar-refractivity contribution in [1.82, 2.24) is 31.2 Å². The number of esters is 2. The van der Waals surface area contributed by atoms with E-state index in [0.29, 0.717) is 63.9 Å². The monoisotopic (exact) mass is 1310 g/mol. The number of unbranched alkanes of at least 4 members (excludes halogenated alkanes) is 4. The van der Waals surface area contributed by atoms with Crippen LogP contribution in [0.4, 0.5) is 0 Å². The van der Waals surface area contributed by atoms with E-state index in [-0.39, 0.29) is 73.9 Å². The molecule has 2 aromatic rings. The van der Waals surface area contributed by atoms with Gasteiger partial charge in [-0.05, 0) is 57.1 Å². The van der Waals surface area contributed by atoms with Crippen molar-refractivity contribution in [3.05, 3.63) is 56.5 Å². The molecule has 78 heavy (non-hydrogen) atoms. The summed E-state index contributed by atoms with van der Waals surface area (Å²) in [5.74, 6) is -0.978. The van der Waals surface area contributed by atoms with Crippen molar-refractivity contribution >= 4 is 143 Å². The molecule has 0 radical (unpaired) electrons. The number of thiazole rings is 2. The summed E-state index contributed by atoms with van der Waals surface area (Å²) >= 11 is 15.1. The van der Waals surface area contributed by atoms with Gasteiger partial charge in [0.15, 0.2) is 5.12 Å². The number of nitrogens with zero attached hydrogens (tertiary/aromatic N) is 4. The maximum atomic E-state index is 13.3. The largest absolute Gasteiger partial charge is 0.456 e. The zero-order valence-electron chi connectivity index (χ0n) is 45.6. The molecular formula is C54H80ClIN8O9S5. The van der Waals surface area contributed by atoms with E-state index in [1.165, 1.54) is 77.2 Å². The Morgan fingerprint density at radius 1 is 0.744 bits per heavy atom. The average molecular weight is 1310 g/mol. The second-order valence-electron chi connectivity index (χ2n) is 20.0. The highest BCUT2D eigenvalue weighted by Crippen LogP contribution is 2.34. The Balaban J connectivity index is 0.000000388. The molecule has 17 nitrogen and oxygen atoms in total. The van der Waals surface area contributed by atoms with Crippen LogP contribution in [0.3, 0.4) is 0 Å². The summed E-state index contributed by atoms with van der Waals surface area (Å²) in [5, 5.41) is 18.1. The van der Waals surface area contributed by atoms with Crippen LogP contribution in [-0.2, 0) is 56.1 Å². The van der Waals surface area contributed by atoms with Gasteiger partial charge >= 0.3 is 11.9 Å². The van der Waals surface area contributed by atoms with Crippen molar-refractivity contribution in [2.75, 3.05) is 23.1 Å². The zero-order valence-corrected chi connectivity index (χ0v) is 52.6. The van der Waals surface area contributed by atoms with Crippen LogP contribution in [0.1, 0.15) is 155 Å². The number of rotatable bonds is 15. The van der Waals surface area contributed by atoms with Gasteiger partial charge in [-0.3, -0.25) is 34.0 Å². The van der Waals surface area contributed by atoms with E-state index in [1.807, 2.05) is 44.5 Å². The van der Waals surface area contributed by atoms with Crippen LogP contribution in [0, 0.1) is 11.8 Å². The van der Waals surface area contributed by atoms with Gasteiger partial charge in [-0.1, -0.05) is 128 Å². The van der Waals surface area contributed by atoms with E-state index >= 15 is 0 Å². The minimum absolute atomic E-state index is 0. The van der Waals surface area contributed by atoms with Gasteiger partial charge in [0, 0.05) is 44.2 Å². The number of thioether (sulfide) groups is 3. The number of allylic oxidation sites excluding steroid dienone is 2. The van der Waals surface area contributed by atoms with Gasteiger partial charge in [0.25, 0.3) is 0 Å². The van der Waals surface area contributed by atoms with Crippen molar-refractivity contribution in [2.24, 2.45) is 21.8 Å². The maximum Gasteiger partial charge on any atom is 0.329 e. The Morgan fingerprint density at radius 3 is 1.60 bits per heavy atom. The third kappa shape index (κ3) is 23.2. The number of ether oxygens (including phenoxy) is 2. The number of amides is 4. The lowest BCUT2D eigenvalue weighted by atomic mass is 10.0. The lowest BCUT2D eigenvalue weighted by Crippen LogP contribution is -2.53. The third-order valence-electron chi connectivity index (χ3n) is 11.8. The van der Waals surface area contributed by atoms with Gasteiger partial charge < -0.3 is 30.7 Å². The van der Waals surface area contributed by atoms with Crippen LogP contribution in [0.15, 0.2) is 45.0 Å². The number of alkyl halides is 2. The Morgan fingerprint density at radius 2 is 1.18 bits per heavy atom. The van der Waals surface area contributed by atoms with Gasteiger partial charge in [0.2, 0.25) is 23.6 Å². The molecule has 0 fully saturated rings. The molecule has 6 heterocycles. The predicted octanol–water partition coefficient (Wildman–Crippen LogP) is 10.2. The first-order chi connectivity index (χ1) is 36.6. The number of cyclic esters (lactones) is 2. The molecule has 6 atom stereocenters. The minimum atomic E-state index is -1.04. The number of aromatic nitrogens is 2. The quantitative estimate of drug-likeness (QED) is 0.0427. The lowest BCUT2D eigenvalue weighted by molar-refractivity contribution is -0.154. The normalized spacial score (nSPS) is 24.2. The first-order valence-electron chi connectivity index (χ1n) is 26.2. The van der Waals surface area contributed by atoms with Gasteiger partial charge in [-0.2, -0.15) is 0 Å². The van der Waals surface area contributed by atoms with Crippen LogP contribution < -0.4 is 21.3 Å². The topological polar surface area (TPSA) is 237 Å². The summed E-state index contributed by atoms with van der Waals surface area (Å²) in [4.78, 5) is 108. The fourth-order valence-corrected chi connectivity index (χ4v) is 12.2. The number of halogens is 2. The molecule has 0 saturated heterocycles. The maximum absolute atomic E-state index is 13.3. The molecule has 0 aliphatic carbocycles. The van der Waals surface area contributed by atoms with Crippen LogP contribution >= 0.6 is 92.2 Å². The fourth-order valence-electron chi connectivity index (χ4n) is 7.41. The second-order valence-corrected chi connectivity index (χ2v) is 27.9. The van der Waals surface area contributed by atoms with E-state index in [1.54, 1.807) is 32.1 Å². The van der Waals surface area contributed by atoms with E-state index in [0.717, 1.165) is 26.8 Å². The molecule has 2 unspecified atom stereocenters. The summed E-state index contributed by atoms with van der Waals surface area (Å²) in [6.07, 6.45) is 12.6. The van der Waals surface area contributed by atoms with E-state index in [9.17, 15) is 33.6 Å². The Bertz CT molecular complexity index is 2450. The van der Waals surface area contributed by atoms with E-state index in [2.05, 4.69) is 84.6 Å². The number of carbonyl (C=O) groups is 7. The van der Waals surface area contributed by atoms with Crippen molar-refractivity contribution in [3.63, 3.8) is 0 Å². The van der Waals surface area contributed by atoms with E-state index < -0.39 is 47.3 Å². The molecule has 4 amide bonds. The van der Waals surface area contributed by atoms with Gasteiger partial charge in [0.05, 0.1) is 25.9 Å². The van der Waals surface area contributed by atoms with Gasteiger partial charge in [-0.25, -0.2) is 19.6 Å². The SMILES string of the molecule is C.CC(C)I.CC(C)[C@@H]1NC(=O)[C@]2(C)CSC(=N2)c2csc(n2)CNC(=O)CC(/C=C/CCCl)OC1=O.CCCCCCCC(=O)SCC/C=C/C1CC(=O)NCc2nc(cs2)C2=N[C@@](C)(CS2)C(=O)N[C@@H](C(C)C)C(=O)O1. The summed E-state index contributed by atoms with van der Waals surface area (Å²) in [6.45, 7) is 17.8. The standard InChI is InChI=1S/C29H42N4O5S3.C21H27ClN4O4S2.C3H7I.CH4/c1-5-6-7-8-9-13-24(35)39-14-11-10-12-20-15-22(34)30-16-23-31-21(17-40-23)26-33-29(4,18-41-26)28(37)32-25(19(2)3)27(36)38-20;1-12(2)17-19(28)30-13(6-4-5-7-22)8-15(27)23-9-16-24-14(10-31-16)18-26-21(3,11-32-18)20(29)25-17;1-3(2)4;/h10,12,17,19-20,25H,5-9,11,13-16,18H2,1-4H3,(H,30,34)(H,32,37);4,6,10,12-13,17H,5,7-9,11H2,1-3H3,(H,23,27)(H,25,29);3H,1-2H3;1H4/b12-10+;6-4+;;/t20?,25-,29-;13?,17-,21-;;/m00../s1. The smallest absolute Gasteiger partial charge is 0.329 e. The Kier molecular flexibility index (Phi) is 30.8. The van der Waals surface area contributed by atoms with Crippen LogP contribution in [-0.4, -0.2) is 123 Å². The van der Waals surface area contributed by atoms with Crippen molar-refractivity contribution in [1.29, 1.82) is 0 Å². The summed E-state index contributed by atoms with van der Waals surface area (Å²) in [7, 11) is 0. The van der Waals surface area contributed by atoms with Crippen LogP contribution in [0.25, 0.3) is 0 Å². The summed E-state index contributed by atoms with van der Waals surface area (Å²) in [6, 6.07) is -1.76. The lowest BCUT2D eigenvalue weighted by Gasteiger charge is -2.27. The highest BCUT2D eigenvalue weighted by molar-refractivity contribution is 14.1. The molecule has 8 bridgehead atoms. The average Bonchev–Trinajstić information content (AvgIpc) is 4.22. The molecule has 0 saturated carbocycles. The highest BCUT2D eigenvalue weighted by atomic mass is 127. The first kappa shape index (κ1) is 68.9. The number of nitrogens with one attached hydrogen (secondary N) is 4. The van der Waals surface area contributed by atoms with E-state index in [4.69, 9.17) is 21.1 Å². The Labute approximate surface area is 501 Å². The molecule has 0 spiro atoms. The molecule has 4 aliphatic heterocycles. The van der Waals surface area contributed by atoms with Crippen molar-refractivity contribution in [3.8, 4) is 0 Å². The summed E-state index contributed by atoms with van der Waals surface area (Å²) in [5.41, 5.74) is -0.676. The molecule has 4 aliphatic rings. The number of aliphatic imine (C=N–C) groups is 2. The van der Waals surface area contributed by atoms with Crippen molar-refractivity contribution < 1.29 is 43.0 Å². The molecule has 4 N–H and O–H groups in total. The molecule has 24 heteroatoms. The third-order valence-corrected chi connectivity index (χ3v) is 17.2. The van der Waals surface area contributed by atoms with Crippen LogP contribution in [0.2, 0.25) is 0 Å². The molecule has 6 rings (SSSR count). The molecule has 0 aromatic carbocycles. The Hall–Kier alpha value is -3.36. The second kappa shape index (κ2) is 34.8. The fraction of sp³-hybridized carbons (Fsp3) is 0.648. The number of carbonyl (C=O) groups excluding carboxylic acids is 7. The molecule has 434 valence electrons. The van der Waals surface area contributed by atoms with Crippen molar-refractivity contribution in [2.45, 2.75) is 186 Å². The van der Waals surface area contributed by atoms with Gasteiger partial charge in [-0.15, -0.1) is 57.8 Å². The molecule has 2 aromatic heterocycles. The first-order valence-corrected chi connectivity index (χ1v) is 32.7. The molecular weight excluding hydrogens is 1230 g/mol. The predicted molar refractivity (Wildman–Crippen MR) is 330 cm³/mol. The number of hydrogen-bond acceptors (Lipinski definition) is 18. The highest BCUT2D eigenvalue weighted by Gasteiger charge is 2.43. The zero-order chi connectivity index (χ0) is 56.7. The van der Waals surface area contributed by atoms with Gasteiger partial charge in [0.1, 0.15) is 66.9 Å². The minimum Gasteiger partial charge on any atom is -0.456 e. The van der Waals surface area contributed by atoms with Crippen LogP contribution in [0.5, 0.6) is 0 Å².